The number of thioether (sulfide) groups is 1. The summed E-state index contributed by atoms with van der Waals surface area (Å²) < 4.78 is 5.35. The van der Waals surface area contributed by atoms with Gasteiger partial charge in [0.25, 0.3) is 0 Å². The van der Waals surface area contributed by atoms with Crippen LogP contribution in [0, 0.1) is 0 Å². The fourth-order valence-corrected chi connectivity index (χ4v) is 2.64. The van der Waals surface area contributed by atoms with Crippen molar-refractivity contribution < 1.29 is 9.53 Å². The lowest BCUT2D eigenvalue weighted by Gasteiger charge is -2.33. The summed E-state index contributed by atoms with van der Waals surface area (Å²) in [6, 6.07) is 0. The van der Waals surface area contributed by atoms with Gasteiger partial charge in [0.2, 0.25) is 0 Å². The van der Waals surface area contributed by atoms with Crippen molar-refractivity contribution in [2.24, 2.45) is 0 Å². The van der Waals surface area contributed by atoms with E-state index in [-0.39, 0.29) is 11.7 Å². The Morgan fingerprint density at radius 1 is 1.53 bits per heavy atom. The molecule has 1 atom stereocenters. The first-order chi connectivity index (χ1) is 6.92. The van der Waals surface area contributed by atoms with Crippen molar-refractivity contribution in [2.75, 3.05) is 18.8 Å². The minimum Gasteiger partial charge on any atom is -0.444 e. The predicted molar refractivity (Wildman–Crippen MR) is 64.3 cm³/mol. The lowest BCUT2D eigenvalue weighted by atomic mass is 10.2. The number of amides is 1. The van der Waals surface area contributed by atoms with Crippen LogP contribution >= 0.6 is 11.8 Å². The Kier molecular flexibility index (Phi) is 4.32. The molecule has 0 radical (unpaired) electrons. The van der Waals surface area contributed by atoms with Crippen LogP contribution in [0.2, 0.25) is 0 Å². The molecule has 3 nitrogen and oxygen atoms in total. The number of nitrogens with zero attached hydrogens (tertiary/aromatic N) is 1. The molecule has 1 amide bonds. The van der Waals surface area contributed by atoms with Gasteiger partial charge in [0.15, 0.2) is 0 Å². The van der Waals surface area contributed by atoms with E-state index in [1.54, 1.807) is 0 Å². The van der Waals surface area contributed by atoms with E-state index in [2.05, 4.69) is 6.92 Å². The van der Waals surface area contributed by atoms with Crippen LogP contribution in [0.5, 0.6) is 0 Å². The van der Waals surface area contributed by atoms with Gasteiger partial charge in [-0.3, -0.25) is 0 Å². The maximum atomic E-state index is 11.8. The zero-order valence-electron chi connectivity index (χ0n) is 10.1. The maximum absolute atomic E-state index is 11.8. The number of rotatable bonds is 1. The summed E-state index contributed by atoms with van der Waals surface area (Å²) in [5.41, 5.74) is -0.386. The molecule has 1 saturated heterocycles. The highest BCUT2D eigenvalue weighted by Gasteiger charge is 2.26. The van der Waals surface area contributed by atoms with Gasteiger partial charge in [-0.2, -0.15) is 11.8 Å². The first-order valence-corrected chi connectivity index (χ1v) is 6.57. The predicted octanol–water partition coefficient (Wildman–Crippen LogP) is 2.75. The van der Waals surface area contributed by atoms with E-state index in [0.29, 0.717) is 5.25 Å². The van der Waals surface area contributed by atoms with Gasteiger partial charge >= 0.3 is 6.09 Å². The zero-order chi connectivity index (χ0) is 11.5. The molecule has 0 spiro atoms. The molecule has 1 rings (SSSR count). The average Bonchev–Trinajstić information content (AvgIpc) is 2.15. The fraction of sp³-hybridized carbons (Fsp3) is 0.909. The Balaban J connectivity index is 2.45. The van der Waals surface area contributed by atoms with Gasteiger partial charge in [-0.15, -0.1) is 0 Å². The molecule has 0 aliphatic carbocycles. The smallest absolute Gasteiger partial charge is 0.410 e. The second kappa shape index (κ2) is 5.10. The average molecular weight is 231 g/mol. The molecular formula is C11H21NO2S. The van der Waals surface area contributed by atoms with Crippen LogP contribution in [-0.2, 0) is 4.74 Å². The highest BCUT2D eigenvalue weighted by molar-refractivity contribution is 8.00. The number of carbonyl (C=O) groups is 1. The molecule has 88 valence electrons. The molecule has 15 heavy (non-hydrogen) atoms. The van der Waals surface area contributed by atoms with E-state index in [1.807, 2.05) is 37.4 Å². The van der Waals surface area contributed by atoms with Crippen molar-refractivity contribution in [1.82, 2.24) is 4.90 Å². The van der Waals surface area contributed by atoms with E-state index in [9.17, 15) is 4.79 Å². The second-order valence-electron chi connectivity index (χ2n) is 4.83. The normalized spacial score (nSPS) is 22.7. The number of hydrogen-bond donors (Lipinski definition) is 0. The van der Waals surface area contributed by atoms with Crippen molar-refractivity contribution in [3.8, 4) is 0 Å². The van der Waals surface area contributed by atoms with Gasteiger partial charge in [-0.25, -0.2) is 4.79 Å². The first kappa shape index (κ1) is 12.7. The third kappa shape index (κ3) is 4.33. The van der Waals surface area contributed by atoms with Crippen LogP contribution < -0.4 is 0 Å². The molecule has 0 aromatic carbocycles. The lowest BCUT2D eigenvalue weighted by Crippen LogP contribution is -2.44. The van der Waals surface area contributed by atoms with E-state index in [1.165, 1.54) is 0 Å². The minimum absolute atomic E-state index is 0.166. The molecule has 0 saturated carbocycles. The third-order valence-corrected chi connectivity index (χ3v) is 3.62. The highest BCUT2D eigenvalue weighted by atomic mass is 32.2. The molecule has 0 aromatic heterocycles. The molecule has 1 aliphatic heterocycles. The molecule has 0 N–H and O–H groups in total. The topological polar surface area (TPSA) is 29.5 Å². The van der Waals surface area contributed by atoms with Crippen LogP contribution in [0.15, 0.2) is 0 Å². The molecule has 4 heteroatoms. The van der Waals surface area contributed by atoms with Crippen LogP contribution in [0.3, 0.4) is 0 Å². The summed E-state index contributed by atoms with van der Waals surface area (Å²) in [4.78, 5) is 13.6. The van der Waals surface area contributed by atoms with Crippen molar-refractivity contribution in [2.45, 2.75) is 45.0 Å². The van der Waals surface area contributed by atoms with E-state index >= 15 is 0 Å². The largest absolute Gasteiger partial charge is 0.444 e. The highest BCUT2D eigenvalue weighted by Crippen LogP contribution is 2.22. The summed E-state index contributed by atoms with van der Waals surface area (Å²) in [6.45, 7) is 9.52. The summed E-state index contributed by atoms with van der Waals surface area (Å²) in [6.07, 6.45) is 0.950. The Labute approximate surface area is 96.5 Å². The molecule has 1 unspecified atom stereocenters. The van der Waals surface area contributed by atoms with Crippen LogP contribution in [0.1, 0.15) is 34.1 Å². The molecule has 0 bridgehead atoms. The van der Waals surface area contributed by atoms with E-state index < -0.39 is 0 Å². The Morgan fingerprint density at radius 2 is 2.20 bits per heavy atom. The Morgan fingerprint density at radius 3 is 2.73 bits per heavy atom. The van der Waals surface area contributed by atoms with Gasteiger partial charge in [0, 0.05) is 24.1 Å². The first-order valence-electron chi connectivity index (χ1n) is 5.52. The standard InChI is InChI=1S/C11H21NO2S/c1-5-9-8-12(6-7-15-9)10(13)14-11(2,3)4/h9H,5-8H2,1-4H3. The van der Waals surface area contributed by atoms with Crippen molar-refractivity contribution in [1.29, 1.82) is 0 Å². The van der Waals surface area contributed by atoms with Crippen molar-refractivity contribution in [3.63, 3.8) is 0 Å². The van der Waals surface area contributed by atoms with Gasteiger partial charge in [0.05, 0.1) is 0 Å². The molecular weight excluding hydrogens is 210 g/mol. The summed E-state index contributed by atoms with van der Waals surface area (Å²) >= 11 is 1.95. The molecule has 1 aliphatic rings. The molecule has 1 fully saturated rings. The van der Waals surface area contributed by atoms with Gasteiger partial charge in [0.1, 0.15) is 5.60 Å². The zero-order valence-corrected chi connectivity index (χ0v) is 10.9. The monoisotopic (exact) mass is 231 g/mol. The Hall–Kier alpha value is -0.380. The summed E-state index contributed by atoms with van der Waals surface area (Å²) in [5.74, 6) is 1.03. The molecule has 1 heterocycles. The van der Waals surface area contributed by atoms with Crippen molar-refractivity contribution >= 4 is 17.9 Å². The number of hydrogen-bond acceptors (Lipinski definition) is 3. The fourth-order valence-electron chi connectivity index (χ4n) is 1.46. The Bertz CT molecular complexity index is 225. The van der Waals surface area contributed by atoms with E-state index in [0.717, 1.165) is 25.3 Å². The van der Waals surface area contributed by atoms with Crippen LogP contribution in [-0.4, -0.2) is 40.7 Å². The number of carbonyl (C=O) groups excluding carboxylic acids is 1. The number of ether oxygens (including phenoxy) is 1. The summed E-state index contributed by atoms with van der Waals surface area (Å²) in [5, 5.41) is 0.575. The van der Waals surface area contributed by atoms with Gasteiger partial charge < -0.3 is 9.64 Å². The van der Waals surface area contributed by atoms with Crippen molar-refractivity contribution in [3.05, 3.63) is 0 Å². The second-order valence-corrected chi connectivity index (χ2v) is 6.24. The van der Waals surface area contributed by atoms with Crippen LogP contribution in [0.25, 0.3) is 0 Å². The molecule has 0 aromatic rings. The maximum Gasteiger partial charge on any atom is 0.410 e. The van der Waals surface area contributed by atoms with Crippen LogP contribution in [0.4, 0.5) is 4.79 Å². The van der Waals surface area contributed by atoms with Gasteiger partial charge in [-0.05, 0) is 27.2 Å². The van der Waals surface area contributed by atoms with Gasteiger partial charge in [-0.1, -0.05) is 6.92 Å². The SMILES string of the molecule is CCC1CN(C(=O)OC(C)(C)C)CCS1. The lowest BCUT2D eigenvalue weighted by molar-refractivity contribution is 0.0256. The minimum atomic E-state index is -0.386. The quantitative estimate of drug-likeness (QED) is 0.695. The van der Waals surface area contributed by atoms with E-state index in [4.69, 9.17) is 4.74 Å². The third-order valence-electron chi connectivity index (χ3n) is 2.25. The summed E-state index contributed by atoms with van der Waals surface area (Å²) in [7, 11) is 0.